The fourth-order valence-corrected chi connectivity index (χ4v) is 6.00. The van der Waals surface area contributed by atoms with E-state index in [1.54, 1.807) is 4.57 Å². The first-order valence-electron chi connectivity index (χ1n) is 11.0. The van der Waals surface area contributed by atoms with Crippen molar-refractivity contribution >= 4 is 11.8 Å². The molecule has 2 aliphatic rings. The molecule has 1 saturated carbocycles. The first kappa shape index (κ1) is 20.2. The first-order chi connectivity index (χ1) is 15.1. The molecule has 4 heteroatoms. The van der Waals surface area contributed by atoms with Gasteiger partial charge in [0.2, 0.25) is 0 Å². The second kappa shape index (κ2) is 8.05. The molecule has 2 aliphatic carbocycles. The number of thioether (sulfide) groups is 1. The summed E-state index contributed by atoms with van der Waals surface area (Å²) < 4.78 is 1.80. The molecule has 5 rings (SSSR count). The van der Waals surface area contributed by atoms with Crippen LogP contribution in [0.15, 0.2) is 58.5 Å². The average molecular weight is 427 g/mol. The Hall–Kier alpha value is -2.77. The van der Waals surface area contributed by atoms with E-state index in [1.165, 1.54) is 42.2 Å². The maximum Gasteiger partial charge on any atom is 0.263 e. The van der Waals surface area contributed by atoms with Crippen molar-refractivity contribution < 1.29 is 0 Å². The molecular formula is C27H26N2OS. The maximum atomic E-state index is 14.2. The zero-order chi connectivity index (χ0) is 21.4. The van der Waals surface area contributed by atoms with Gasteiger partial charge in [-0.1, -0.05) is 78.9 Å². The Morgan fingerprint density at radius 3 is 2.58 bits per heavy atom. The summed E-state index contributed by atoms with van der Waals surface area (Å²) in [6, 6.07) is 16.6. The van der Waals surface area contributed by atoms with Gasteiger partial charge in [0.25, 0.3) is 5.56 Å². The summed E-state index contributed by atoms with van der Waals surface area (Å²) in [4.78, 5) is 19.4. The predicted octanol–water partition coefficient (Wildman–Crippen LogP) is 5.69. The van der Waals surface area contributed by atoms with Crippen LogP contribution in [-0.4, -0.2) is 15.3 Å². The SMILES string of the molecule is C#CCSc1nc2c(c(=O)n1-c1ccc(C)cc1)C1(CCCCC1)Cc1ccccc1-2. The quantitative estimate of drug-likeness (QED) is 0.306. The minimum atomic E-state index is -0.117. The minimum absolute atomic E-state index is 0.0739. The lowest BCUT2D eigenvalue weighted by Gasteiger charge is -2.42. The van der Waals surface area contributed by atoms with Gasteiger partial charge in [-0.2, -0.15) is 0 Å². The molecule has 1 heterocycles. The van der Waals surface area contributed by atoms with Gasteiger partial charge in [0.15, 0.2) is 5.16 Å². The van der Waals surface area contributed by atoms with Gasteiger partial charge in [-0.15, -0.1) is 6.42 Å². The molecule has 0 unspecified atom stereocenters. The Balaban J connectivity index is 1.82. The van der Waals surface area contributed by atoms with Crippen LogP contribution < -0.4 is 5.56 Å². The molecule has 31 heavy (non-hydrogen) atoms. The number of fused-ring (bicyclic) bond motifs is 4. The highest BCUT2D eigenvalue weighted by molar-refractivity contribution is 7.99. The second-order valence-electron chi connectivity index (χ2n) is 8.76. The van der Waals surface area contributed by atoms with Crippen molar-refractivity contribution in [2.75, 3.05) is 5.75 Å². The summed E-state index contributed by atoms with van der Waals surface area (Å²) in [6.45, 7) is 2.06. The van der Waals surface area contributed by atoms with Crippen LogP contribution in [0.1, 0.15) is 48.8 Å². The van der Waals surface area contributed by atoms with Crippen LogP contribution in [0.5, 0.6) is 0 Å². The van der Waals surface area contributed by atoms with Crippen molar-refractivity contribution in [3.05, 3.63) is 75.6 Å². The fourth-order valence-electron chi connectivity index (χ4n) is 5.31. The smallest absolute Gasteiger partial charge is 0.263 e. The van der Waals surface area contributed by atoms with Crippen LogP contribution in [-0.2, 0) is 11.8 Å². The van der Waals surface area contributed by atoms with Crippen LogP contribution in [0.25, 0.3) is 16.9 Å². The van der Waals surface area contributed by atoms with Crippen LogP contribution in [0, 0.1) is 19.3 Å². The van der Waals surface area contributed by atoms with Gasteiger partial charge in [-0.25, -0.2) is 4.98 Å². The number of benzene rings is 2. The molecule has 2 aromatic carbocycles. The van der Waals surface area contributed by atoms with Gasteiger partial charge in [-0.05, 0) is 43.9 Å². The largest absolute Gasteiger partial charge is 0.268 e. The standard InChI is InChI=1S/C27H26N2OS/c1-3-17-31-26-28-24-22-10-6-5-9-20(22)18-27(15-7-4-8-16-27)23(24)25(30)29(26)21-13-11-19(2)12-14-21/h1,5-6,9-14H,4,7-8,15-18H2,2H3. The number of aromatic nitrogens is 2. The summed E-state index contributed by atoms with van der Waals surface area (Å²) in [5, 5.41) is 0.674. The fraction of sp³-hybridized carbons (Fsp3) is 0.333. The highest BCUT2D eigenvalue weighted by atomic mass is 32.2. The normalized spacial score (nSPS) is 16.4. The highest BCUT2D eigenvalue weighted by Crippen LogP contribution is 2.48. The van der Waals surface area contributed by atoms with Gasteiger partial charge in [-0.3, -0.25) is 9.36 Å². The molecule has 0 bridgehead atoms. The van der Waals surface area contributed by atoms with E-state index in [1.807, 2.05) is 30.3 Å². The predicted molar refractivity (Wildman–Crippen MR) is 128 cm³/mol. The zero-order valence-electron chi connectivity index (χ0n) is 17.9. The van der Waals surface area contributed by atoms with Crippen molar-refractivity contribution in [3.63, 3.8) is 0 Å². The Kier molecular flexibility index (Phi) is 5.24. The topological polar surface area (TPSA) is 34.9 Å². The second-order valence-corrected chi connectivity index (χ2v) is 9.70. The van der Waals surface area contributed by atoms with E-state index in [9.17, 15) is 4.79 Å². The third kappa shape index (κ3) is 3.42. The monoisotopic (exact) mass is 426 g/mol. The molecule has 0 aliphatic heterocycles. The number of nitrogens with zero attached hydrogens (tertiary/aromatic N) is 2. The highest BCUT2D eigenvalue weighted by Gasteiger charge is 2.43. The van der Waals surface area contributed by atoms with Crippen LogP contribution in [0.2, 0.25) is 0 Å². The molecule has 0 amide bonds. The third-order valence-corrected chi connectivity index (χ3v) is 7.61. The van der Waals surface area contributed by atoms with Crippen molar-refractivity contribution in [1.82, 2.24) is 9.55 Å². The number of terminal acetylenes is 1. The summed E-state index contributed by atoms with van der Waals surface area (Å²) in [5.74, 6) is 3.16. The lowest BCUT2D eigenvalue weighted by molar-refractivity contribution is 0.283. The van der Waals surface area contributed by atoms with Gasteiger partial charge in [0, 0.05) is 11.0 Å². The van der Waals surface area contributed by atoms with Gasteiger partial charge >= 0.3 is 0 Å². The molecule has 1 aromatic heterocycles. The zero-order valence-corrected chi connectivity index (χ0v) is 18.7. The van der Waals surface area contributed by atoms with E-state index >= 15 is 0 Å². The van der Waals surface area contributed by atoms with Crippen molar-refractivity contribution in [2.24, 2.45) is 0 Å². The Labute approximate surface area is 187 Å². The van der Waals surface area contributed by atoms with E-state index in [-0.39, 0.29) is 11.0 Å². The summed E-state index contributed by atoms with van der Waals surface area (Å²) >= 11 is 1.46. The van der Waals surface area contributed by atoms with Crippen LogP contribution in [0.3, 0.4) is 0 Å². The summed E-state index contributed by atoms with van der Waals surface area (Å²) in [6.07, 6.45) is 12.2. The molecule has 1 fully saturated rings. The molecule has 156 valence electrons. The molecule has 3 nitrogen and oxygen atoms in total. The molecule has 0 atom stereocenters. The average Bonchev–Trinajstić information content (AvgIpc) is 2.79. The van der Waals surface area contributed by atoms with Crippen molar-refractivity contribution in [2.45, 2.75) is 56.0 Å². The van der Waals surface area contributed by atoms with Gasteiger partial charge < -0.3 is 0 Å². The maximum absolute atomic E-state index is 14.2. The number of hydrogen-bond donors (Lipinski definition) is 0. The van der Waals surface area contributed by atoms with Crippen LogP contribution in [0.4, 0.5) is 0 Å². The Bertz CT molecular complexity index is 1230. The summed E-state index contributed by atoms with van der Waals surface area (Å²) in [7, 11) is 0. The van der Waals surface area contributed by atoms with E-state index in [4.69, 9.17) is 11.4 Å². The first-order valence-corrected chi connectivity index (χ1v) is 12.0. The molecular weight excluding hydrogens is 400 g/mol. The minimum Gasteiger partial charge on any atom is -0.268 e. The number of aryl methyl sites for hydroxylation is 1. The van der Waals surface area contributed by atoms with Gasteiger partial charge in [0.05, 0.1) is 22.7 Å². The Morgan fingerprint density at radius 2 is 1.84 bits per heavy atom. The molecule has 3 aromatic rings. The lowest BCUT2D eigenvalue weighted by Crippen LogP contribution is -2.42. The van der Waals surface area contributed by atoms with E-state index in [2.05, 4.69) is 31.0 Å². The number of hydrogen-bond acceptors (Lipinski definition) is 3. The van der Waals surface area contributed by atoms with E-state index in [0.29, 0.717) is 10.9 Å². The van der Waals surface area contributed by atoms with E-state index < -0.39 is 0 Å². The summed E-state index contributed by atoms with van der Waals surface area (Å²) in [5.41, 5.74) is 6.17. The molecule has 0 radical (unpaired) electrons. The van der Waals surface area contributed by atoms with Crippen molar-refractivity contribution in [1.29, 1.82) is 0 Å². The molecule has 0 N–H and O–H groups in total. The van der Waals surface area contributed by atoms with E-state index in [0.717, 1.165) is 41.8 Å². The third-order valence-electron chi connectivity index (χ3n) is 6.77. The molecule has 1 spiro atoms. The number of rotatable bonds is 3. The lowest BCUT2D eigenvalue weighted by atomic mass is 9.62. The van der Waals surface area contributed by atoms with Crippen molar-refractivity contribution in [3.8, 4) is 29.3 Å². The Morgan fingerprint density at radius 1 is 1.10 bits per heavy atom. The molecule has 0 saturated heterocycles. The van der Waals surface area contributed by atoms with Gasteiger partial charge in [0.1, 0.15) is 0 Å². The van der Waals surface area contributed by atoms with Crippen LogP contribution >= 0.6 is 11.8 Å².